The standard InChI is InChI=1S/C10H21N3/c1-6-7-13-9(10(2,3)4)12(5)8-11-13/h8-9H,6-7H2,1-5H3. The van der Waals surface area contributed by atoms with Gasteiger partial charge in [-0.3, -0.25) is 5.01 Å². The second-order valence-electron chi connectivity index (χ2n) is 4.80. The Kier molecular flexibility index (Phi) is 2.84. The lowest BCUT2D eigenvalue weighted by Crippen LogP contribution is -2.47. The van der Waals surface area contributed by atoms with Gasteiger partial charge in [-0.05, 0) is 6.42 Å². The van der Waals surface area contributed by atoms with Gasteiger partial charge in [0.25, 0.3) is 0 Å². The average Bonchev–Trinajstić information content (AvgIpc) is 2.31. The SMILES string of the molecule is CCCN1N=CN(C)C1C(C)(C)C. The third-order valence-electron chi connectivity index (χ3n) is 2.28. The second kappa shape index (κ2) is 3.56. The zero-order valence-electron chi connectivity index (χ0n) is 9.41. The molecule has 0 aromatic rings. The molecule has 0 aromatic heterocycles. The molecule has 0 saturated heterocycles. The van der Waals surface area contributed by atoms with Crippen molar-refractivity contribution in [3.05, 3.63) is 0 Å². The zero-order chi connectivity index (χ0) is 10.1. The molecule has 1 aliphatic heterocycles. The molecule has 1 heterocycles. The molecule has 0 bridgehead atoms. The lowest BCUT2D eigenvalue weighted by Gasteiger charge is -2.38. The van der Waals surface area contributed by atoms with Crippen molar-refractivity contribution in [3.8, 4) is 0 Å². The first-order chi connectivity index (χ1) is 5.96. The van der Waals surface area contributed by atoms with Crippen molar-refractivity contribution in [1.29, 1.82) is 0 Å². The maximum absolute atomic E-state index is 4.39. The molecule has 0 spiro atoms. The number of rotatable bonds is 2. The van der Waals surface area contributed by atoms with Crippen molar-refractivity contribution in [2.24, 2.45) is 10.5 Å². The van der Waals surface area contributed by atoms with Crippen LogP contribution in [0.4, 0.5) is 0 Å². The van der Waals surface area contributed by atoms with E-state index in [0.29, 0.717) is 6.17 Å². The lowest BCUT2D eigenvalue weighted by atomic mass is 9.91. The van der Waals surface area contributed by atoms with Gasteiger partial charge in [0.05, 0.1) is 0 Å². The van der Waals surface area contributed by atoms with Gasteiger partial charge in [-0.1, -0.05) is 27.7 Å². The minimum absolute atomic E-state index is 0.250. The van der Waals surface area contributed by atoms with Crippen LogP contribution in [0, 0.1) is 5.41 Å². The first-order valence-electron chi connectivity index (χ1n) is 4.99. The third-order valence-corrected chi connectivity index (χ3v) is 2.28. The monoisotopic (exact) mass is 183 g/mol. The summed E-state index contributed by atoms with van der Waals surface area (Å²) >= 11 is 0. The van der Waals surface area contributed by atoms with Gasteiger partial charge < -0.3 is 4.90 Å². The quantitative estimate of drug-likeness (QED) is 0.651. The Morgan fingerprint density at radius 1 is 1.38 bits per heavy atom. The van der Waals surface area contributed by atoms with Crippen LogP contribution in [-0.4, -0.2) is 36.0 Å². The fourth-order valence-electron chi connectivity index (χ4n) is 1.95. The van der Waals surface area contributed by atoms with Crippen molar-refractivity contribution in [2.45, 2.75) is 40.3 Å². The summed E-state index contributed by atoms with van der Waals surface area (Å²) in [5.74, 6) is 0. The molecular formula is C10H21N3. The summed E-state index contributed by atoms with van der Waals surface area (Å²) in [7, 11) is 2.09. The Labute approximate surface area is 81.4 Å². The normalized spacial score (nSPS) is 23.0. The largest absolute Gasteiger partial charge is 0.342 e. The van der Waals surface area contributed by atoms with Gasteiger partial charge in [0.2, 0.25) is 0 Å². The van der Waals surface area contributed by atoms with Crippen molar-refractivity contribution in [2.75, 3.05) is 13.6 Å². The molecule has 0 aliphatic carbocycles. The van der Waals surface area contributed by atoms with Crippen LogP contribution in [0.3, 0.4) is 0 Å². The molecule has 1 unspecified atom stereocenters. The molecule has 1 atom stereocenters. The fraction of sp³-hybridized carbons (Fsp3) is 0.900. The molecule has 76 valence electrons. The van der Waals surface area contributed by atoms with E-state index < -0.39 is 0 Å². The lowest BCUT2D eigenvalue weighted by molar-refractivity contribution is 0.0483. The summed E-state index contributed by atoms with van der Waals surface area (Å²) in [6.07, 6.45) is 3.48. The van der Waals surface area contributed by atoms with Crippen LogP contribution in [0.25, 0.3) is 0 Å². The Balaban J connectivity index is 2.70. The van der Waals surface area contributed by atoms with Crippen molar-refractivity contribution >= 4 is 6.34 Å². The molecule has 1 aliphatic rings. The Hall–Kier alpha value is -0.730. The molecule has 3 nitrogen and oxygen atoms in total. The van der Waals surface area contributed by atoms with Gasteiger partial charge in [0.1, 0.15) is 12.5 Å². The highest BCUT2D eigenvalue weighted by Crippen LogP contribution is 2.28. The highest BCUT2D eigenvalue weighted by molar-refractivity contribution is 5.56. The van der Waals surface area contributed by atoms with Gasteiger partial charge in [0.15, 0.2) is 0 Å². The van der Waals surface area contributed by atoms with Gasteiger partial charge in [-0.2, -0.15) is 5.10 Å². The molecule has 0 radical (unpaired) electrons. The summed E-state index contributed by atoms with van der Waals surface area (Å²) in [5, 5.41) is 6.57. The van der Waals surface area contributed by atoms with E-state index in [0.717, 1.165) is 13.0 Å². The Morgan fingerprint density at radius 2 is 2.00 bits per heavy atom. The summed E-state index contributed by atoms with van der Waals surface area (Å²) in [5.41, 5.74) is 0.250. The maximum atomic E-state index is 4.39. The van der Waals surface area contributed by atoms with Gasteiger partial charge in [-0.15, -0.1) is 0 Å². The Morgan fingerprint density at radius 3 is 2.46 bits per heavy atom. The summed E-state index contributed by atoms with van der Waals surface area (Å²) in [4.78, 5) is 2.19. The van der Waals surface area contributed by atoms with Gasteiger partial charge in [0, 0.05) is 19.0 Å². The first-order valence-corrected chi connectivity index (χ1v) is 4.99. The van der Waals surface area contributed by atoms with Crippen LogP contribution in [0.2, 0.25) is 0 Å². The van der Waals surface area contributed by atoms with E-state index in [1.807, 2.05) is 6.34 Å². The van der Waals surface area contributed by atoms with E-state index in [-0.39, 0.29) is 5.41 Å². The predicted molar refractivity (Wildman–Crippen MR) is 56.5 cm³/mol. The smallest absolute Gasteiger partial charge is 0.123 e. The van der Waals surface area contributed by atoms with E-state index in [4.69, 9.17) is 0 Å². The molecule has 0 N–H and O–H groups in total. The van der Waals surface area contributed by atoms with Crippen LogP contribution >= 0.6 is 0 Å². The fourth-order valence-corrected chi connectivity index (χ4v) is 1.95. The van der Waals surface area contributed by atoms with Crippen LogP contribution in [-0.2, 0) is 0 Å². The molecule has 0 aromatic carbocycles. The van der Waals surface area contributed by atoms with Crippen LogP contribution < -0.4 is 0 Å². The average molecular weight is 183 g/mol. The van der Waals surface area contributed by atoms with E-state index in [1.165, 1.54) is 0 Å². The minimum atomic E-state index is 0.250. The van der Waals surface area contributed by atoms with Gasteiger partial charge in [-0.25, -0.2) is 0 Å². The van der Waals surface area contributed by atoms with E-state index >= 15 is 0 Å². The van der Waals surface area contributed by atoms with Crippen LogP contribution in [0.15, 0.2) is 5.10 Å². The zero-order valence-corrected chi connectivity index (χ0v) is 9.41. The van der Waals surface area contributed by atoms with Crippen molar-refractivity contribution < 1.29 is 0 Å². The third kappa shape index (κ3) is 2.14. The number of nitrogens with zero attached hydrogens (tertiary/aromatic N) is 3. The Bertz CT molecular complexity index is 193. The molecule has 13 heavy (non-hydrogen) atoms. The molecule has 1 rings (SSSR count). The summed E-state index contributed by atoms with van der Waals surface area (Å²) in [6.45, 7) is 10.00. The second-order valence-corrected chi connectivity index (χ2v) is 4.80. The molecule has 0 saturated carbocycles. The topological polar surface area (TPSA) is 18.8 Å². The highest BCUT2D eigenvalue weighted by Gasteiger charge is 2.35. The van der Waals surface area contributed by atoms with Crippen LogP contribution in [0.5, 0.6) is 0 Å². The number of hydrazone groups is 1. The van der Waals surface area contributed by atoms with Crippen molar-refractivity contribution in [1.82, 2.24) is 9.91 Å². The number of hydrogen-bond donors (Lipinski definition) is 0. The predicted octanol–water partition coefficient (Wildman–Crippen LogP) is 1.96. The van der Waals surface area contributed by atoms with E-state index in [1.54, 1.807) is 0 Å². The first kappa shape index (κ1) is 10.4. The van der Waals surface area contributed by atoms with E-state index in [9.17, 15) is 0 Å². The minimum Gasteiger partial charge on any atom is -0.342 e. The van der Waals surface area contributed by atoms with Crippen LogP contribution in [0.1, 0.15) is 34.1 Å². The molecule has 3 heteroatoms. The maximum Gasteiger partial charge on any atom is 0.123 e. The molecule has 0 fully saturated rings. The van der Waals surface area contributed by atoms with Gasteiger partial charge >= 0.3 is 0 Å². The summed E-state index contributed by atoms with van der Waals surface area (Å²) < 4.78 is 0. The molecule has 0 amide bonds. The highest BCUT2D eigenvalue weighted by atomic mass is 15.6. The number of hydrogen-bond acceptors (Lipinski definition) is 3. The van der Waals surface area contributed by atoms with E-state index in [2.05, 4.69) is 49.8 Å². The molecular weight excluding hydrogens is 162 g/mol. The van der Waals surface area contributed by atoms with Crippen molar-refractivity contribution in [3.63, 3.8) is 0 Å². The summed E-state index contributed by atoms with van der Waals surface area (Å²) in [6, 6.07) is 0.